The molecule has 0 radical (unpaired) electrons. The highest BCUT2D eigenvalue weighted by molar-refractivity contribution is 14.1. The lowest BCUT2D eigenvalue weighted by atomic mass is 10.1. The van der Waals surface area contributed by atoms with Crippen LogP contribution < -0.4 is 4.74 Å². The molecule has 1 saturated carbocycles. The fourth-order valence-electron chi connectivity index (χ4n) is 3.05. The smallest absolute Gasteiger partial charge is 0.268 e. The van der Waals surface area contributed by atoms with Gasteiger partial charge in [0.25, 0.3) is 10.0 Å². The summed E-state index contributed by atoms with van der Waals surface area (Å²) in [7, 11) is -2.21. The second-order valence-corrected chi connectivity index (χ2v) is 9.29. The van der Waals surface area contributed by atoms with Gasteiger partial charge in [-0.05, 0) is 66.0 Å². The lowest BCUT2D eigenvalue weighted by molar-refractivity contribution is 0.402. The number of rotatable bonds is 4. The molecule has 5 nitrogen and oxygen atoms in total. The van der Waals surface area contributed by atoms with Gasteiger partial charge in [0.05, 0.1) is 12.0 Å². The molecule has 0 unspecified atom stereocenters. The summed E-state index contributed by atoms with van der Waals surface area (Å²) < 4.78 is 34.0. The van der Waals surface area contributed by atoms with Crippen LogP contribution in [-0.4, -0.2) is 24.5 Å². The van der Waals surface area contributed by atoms with Crippen molar-refractivity contribution in [2.24, 2.45) is 0 Å². The van der Waals surface area contributed by atoms with Gasteiger partial charge in [-0.3, -0.25) is 0 Å². The van der Waals surface area contributed by atoms with Crippen molar-refractivity contribution in [3.05, 3.63) is 51.4 Å². The molecule has 130 valence electrons. The Hall–Kier alpha value is -1.61. The Morgan fingerprint density at radius 1 is 1.24 bits per heavy atom. The van der Waals surface area contributed by atoms with E-state index < -0.39 is 10.0 Å². The molecule has 2 heterocycles. The van der Waals surface area contributed by atoms with E-state index in [1.807, 2.05) is 13.1 Å². The minimum atomic E-state index is -3.72. The molecule has 7 heteroatoms. The van der Waals surface area contributed by atoms with E-state index in [0.29, 0.717) is 17.3 Å². The number of benzene rings is 1. The Labute approximate surface area is 160 Å². The molecule has 25 heavy (non-hydrogen) atoms. The topological polar surface area (TPSA) is 61.2 Å². The zero-order valence-corrected chi connectivity index (χ0v) is 16.8. The van der Waals surface area contributed by atoms with Crippen LogP contribution in [0.15, 0.2) is 41.6 Å². The summed E-state index contributed by atoms with van der Waals surface area (Å²) in [6, 6.07) is 6.87. The summed E-state index contributed by atoms with van der Waals surface area (Å²) in [6.07, 6.45) is 5.73. The molecule has 1 aliphatic carbocycles. The maximum atomic E-state index is 13.2. The first-order valence-electron chi connectivity index (χ1n) is 7.99. The molecule has 0 atom stereocenters. The van der Waals surface area contributed by atoms with Gasteiger partial charge in [-0.2, -0.15) is 0 Å². The fourth-order valence-corrected chi connectivity index (χ4v) is 5.45. The van der Waals surface area contributed by atoms with Crippen molar-refractivity contribution < 1.29 is 13.2 Å². The third-order valence-electron chi connectivity index (χ3n) is 4.53. The maximum absolute atomic E-state index is 13.2. The van der Waals surface area contributed by atoms with Crippen LogP contribution in [0.25, 0.3) is 10.9 Å². The van der Waals surface area contributed by atoms with E-state index in [-0.39, 0.29) is 4.90 Å². The van der Waals surface area contributed by atoms with Crippen molar-refractivity contribution in [1.82, 2.24) is 8.96 Å². The first-order chi connectivity index (χ1) is 11.9. The van der Waals surface area contributed by atoms with Gasteiger partial charge in [0.1, 0.15) is 5.52 Å². The van der Waals surface area contributed by atoms with Gasteiger partial charge in [0, 0.05) is 21.4 Å². The highest BCUT2D eigenvalue weighted by Gasteiger charge is 2.31. The molecular formula is C18H17IN2O3S. The normalized spacial score (nSPS) is 14.8. The Bertz CT molecular complexity index is 1070. The molecule has 3 aromatic rings. The number of ether oxygens (including phenoxy) is 1. The van der Waals surface area contributed by atoms with Gasteiger partial charge >= 0.3 is 0 Å². The monoisotopic (exact) mass is 468 g/mol. The van der Waals surface area contributed by atoms with Gasteiger partial charge in [0.2, 0.25) is 5.88 Å². The first kappa shape index (κ1) is 16.8. The number of fused-ring (bicyclic) bond motifs is 1. The van der Waals surface area contributed by atoms with Crippen LogP contribution in [0, 0.1) is 10.5 Å². The van der Waals surface area contributed by atoms with Crippen LogP contribution in [0.3, 0.4) is 0 Å². The van der Waals surface area contributed by atoms with Crippen molar-refractivity contribution in [3.8, 4) is 5.88 Å². The lowest BCUT2D eigenvalue weighted by Crippen LogP contribution is -2.12. The van der Waals surface area contributed by atoms with Gasteiger partial charge in [-0.15, -0.1) is 0 Å². The largest absolute Gasteiger partial charge is 0.479 e. The summed E-state index contributed by atoms with van der Waals surface area (Å²) in [5, 5.41) is 0.936. The zero-order valence-electron chi connectivity index (χ0n) is 13.9. The van der Waals surface area contributed by atoms with Crippen LogP contribution >= 0.6 is 22.6 Å². The van der Waals surface area contributed by atoms with Crippen molar-refractivity contribution in [2.45, 2.75) is 30.6 Å². The minimum absolute atomic E-state index is 0.255. The van der Waals surface area contributed by atoms with E-state index in [4.69, 9.17) is 4.74 Å². The van der Waals surface area contributed by atoms with Crippen LogP contribution in [0.1, 0.15) is 29.9 Å². The molecule has 0 amide bonds. The maximum Gasteiger partial charge on any atom is 0.268 e. The van der Waals surface area contributed by atoms with Gasteiger partial charge < -0.3 is 4.74 Å². The lowest BCUT2D eigenvalue weighted by Gasteiger charge is -2.11. The Morgan fingerprint density at radius 2 is 1.92 bits per heavy atom. The molecule has 0 N–H and O–H groups in total. The van der Waals surface area contributed by atoms with Crippen LogP contribution in [-0.2, 0) is 10.0 Å². The van der Waals surface area contributed by atoms with E-state index in [0.717, 1.165) is 32.9 Å². The molecule has 0 spiro atoms. The molecule has 0 bridgehead atoms. The number of pyridine rings is 1. The summed E-state index contributed by atoms with van der Waals surface area (Å²) in [5.74, 6) is 0.797. The fraction of sp³-hybridized carbons (Fsp3) is 0.278. The number of hydrogen-bond donors (Lipinski definition) is 0. The van der Waals surface area contributed by atoms with Crippen molar-refractivity contribution >= 4 is 43.5 Å². The number of nitrogens with zero attached hydrogens (tertiary/aromatic N) is 2. The third-order valence-corrected chi connectivity index (χ3v) is 7.02. The first-order valence-corrected chi connectivity index (χ1v) is 10.5. The third kappa shape index (κ3) is 2.73. The summed E-state index contributed by atoms with van der Waals surface area (Å²) in [4.78, 5) is 4.63. The van der Waals surface area contributed by atoms with Gasteiger partial charge in [-0.25, -0.2) is 17.4 Å². The van der Waals surface area contributed by atoms with E-state index in [2.05, 4.69) is 27.6 Å². The zero-order chi connectivity index (χ0) is 17.8. The molecule has 1 aromatic carbocycles. The van der Waals surface area contributed by atoms with Gasteiger partial charge in [0.15, 0.2) is 0 Å². The number of aromatic nitrogens is 2. The van der Waals surface area contributed by atoms with Crippen LogP contribution in [0.5, 0.6) is 5.88 Å². The Balaban J connectivity index is 2.02. The number of halogens is 1. The second kappa shape index (κ2) is 5.98. The molecular weight excluding hydrogens is 451 g/mol. The van der Waals surface area contributed by atoms with Crippen molar-refractivity contribution in [1.29, 1.82) is 0 Å². The van der Waals surface area contributed by atoms with E-state index in [1.165, 1.54) is 11.1 Å². The van der Waals surface area contributed by atoms with Crippen LogP contribution in [0.4, 0.5) is 0 Å². The second-order valence-electron chi connectivity index (χ2n) is 6.31. The summed E-state index contributed by atoms with van der Waals surface area (Å²) >= 11 is 2.19. The molecule has 2 aromatic heterocycles. The standard InChI is InChI=1S/C18H17IN2O3S/c1-11-3-7-13(8-4-11)25(22,23)21-10-15(19)16-14(12-5-6-12)9-20-18(24-2)17(16)21/h3-4,7-10,12H,5-6H2,1-2H3. The SMILES string of the molecule is COc1ncc(C2CC2)c2c(I)cn(S(=O)(=O)c3ccc(C)cc3)c12. The van der Waals surface area contributed by atoms with E-state index in [1.54, 1.807) is 30.5 Å². The number of hydrogen-bond acceptors (Lipinski definition) is 4. The molecule has 0 saturated heterocycles. The minimum Gasteiger partial charge on any atom is -0.479 e. The van der Waals surface area contributed by atoms with Gasteiger partial charge in [-0.1, -0.05) is 17.7 Å². The number of methoxy groups -OCH3 is 1. The average Bonchev–Trinajstić information content (AvgIpc) is 3.38. The van der Waals surface area contributed by atoms with Crippen LogP contribution in [0.2, 0.25) is 0 Å². The summed E-state index contributed by atoms with van der Waals surface area (Å²) in [5.41, 5.74) is 2.65. The molecule has 0 aliphatic heterocycles. The molecule has 1 fully saturated rings. The van der Waals surface area contributed by atoms with Crippen molar-refractivity contribution in [3.63, 3.8) is 0 Å². The quantitative estimate of drug-likeness (QED) is 0.542. The molecule has 4 rings (SSSR count). The average molecular weight is 468 g/mol. The highest BCUT2D eigenvalue weighted by Crippen LogP contribution is 2.46. The predicted octanol–water partition coefficient (Wildman–Crippen LogP) is 4.07. The van der Waals surface area contributed by atoms with E-state index >= 15 is 0 Å². The molecule has 1 aliphatic rings. The summed E-state index contributed by atoms with van der Waals surface area (Å²) in [6.45, 7) is 1.93. The van der Waals surface area contributed by atoms with E-state index in [9.17, 15) is 8.42 Å². The Kier molecular flexibility index (Phi) is 4.03. The van der Waals surface area contributed by atoms with Crippen molar-refractivity contribution in [2.75, 3.05) is 7.11 Å². The number of aryl methyl sites for hydroxylation is 1. The predicted molar refractivity (Wildman–Crippen MR) is 105 cm³/mol. The highest BCUT2D eigenvalue weighted by atomic mass is 127. The Morgan fingerprint density at radius 3 is 2.52 bits per heavy atom.